The van der Waals surface area contributed by atoms with Crippen molar-refractivity contribution in [1.29, 1.82) is 0 Å². The van der Waals surface area contributed by atoms with Crippen LogP contribution in [0.4, 0.5) is 5.69 Å². The maximum atomic E-state index is 14.2. The molecule has 2 aromatic heterocycles. The van der Waals surface area contributed by atoms with Crippen molar-refractivity contribution in [3.63, 3.8) is 0 Å². The van der Waals surface area contributed by atoms with E-state index in [4.69, 9.17) is 13.6 Å². The van der Waals surface area contributed by atoms with Gasteiger partial charge in [0.15, 0.2) is 18.1 Å². The van der Waals surface area contributed by atoms with E-state index < -0.39 is 11.8 Å². The van der Waals surface area contributed by atoms with E-state index in [1.807, 2.05) is 41.3 Å². The Kier molecular flexibility index (Phi) is 8.37. The number of likely N-dealkylation sites (tertiary alicyclic amines) is 1. The first-order valence-corrected chi connectivity index (χ1v) is 14.6. The summed E-state index contributed by atoms with van der Waals surface area (Å²) in [4.78, 5) is 44.7. The number of amides is 1. The summed E-state index contributed by atoms with van der Waals surface area (Å²) in [7, 11) is 2.10. The summed E-state index contributed by atoms with van der Waals surface area (Å²) in [5, 5.41) is 0. The van der Waals surface area contributed by atoms with Crippen LogP contribution in [0.3, 0.4) is 0 Å². The molecule has 0 N–H and O–H groups in total. The highest BCUT2D eigenvalue weighted by Crippen LogP contribution is 2.41. The minimum atomic E-state index is -0.831. The van der Waals surface area contributed by atoms with Crippen LogP contribution in [0.15, 0.2) is 50.0 Å². The lowest BCUT2D eigenvalue weighted by Gasteiger charge is -2.40. The smallest absolute Gasteiger partial charge is 0.453 e. The minimum Gasteiger partial charge on any atom is -0.453 e. The van der Waals surface area contributed by atoms with E-state index in [9.17, 15) is 14.4 Å². The summed E-state index contributed by atoms with van der Waals surface area (Å²) >= 11 is 1.33. The largest absolute Gasteiger partial charge is 0.519 e. The van der Waals surface area contributed by atoms with Crippen molar-refractivity contribution in [1.82, 2.24) is 4.90 Å². The number of thiophene rings is 1. The van der Waals surface area contributed by atoms with Crippen molar-refractivity contribution in [2.75, 3.05) is 25.0 Å². The van der Waals surface area contributed by atoms with Crippen LogP contribution in [0.1, 0.15) is 66.6 Å². The molecular formula is C30H36N2O6S. The van der Waals surface area contributed by atoms with E-state index in [1.165, 1.54) is 11.3 Å². The second-order valence-corrected chi connectivity index (χ2v) is 12.0. The molecule has 0 atom stereocenters. The molecule has 1 saturated heterocycles. The van der Waals surface area contributed by atoms with Crippen LogP contribution >= 0.6 is 11.3 Å². The first kappa shape index (κ1) is 27.4. The number of nitrogens with zero attached hydrogens (tertiary/aromatic N) is 2. The summed E-state index contributed by atoms with van der Waals surface area (Å²) in [5.74, 6) is -0.236. The number of hydrogen-bond donors (Lipinski definition) is 0. The molecule has 1 aliphatic carbocycles. The second-order valence-electron chi connectivity index (χ2n) is 10.9. The van der Waals surface area contributed by atoms with Crippen molar-refractivity contribution >= 4 is 28.9 Å². The van der Waals surface area contributed by atoms with E-state index in [2.05, 4.69) is 18.9 Å². The number of aryl methyl sites for hydroxylation is 1. The highest BCUT2D eigenvalue weighted by Gasteiger charge is 2.37. The molecule has 0 radical (unpaired) electrons. The van der Waals surface area contributed by atoms with Crippen molar-refractivity contribution in [2.24, 2.45) is 11.8 Å². The van der Waals surface area contributed by atoms with Gasteiger partial charge in [0.2, 0.25) is 5.91 Å². The van der Waals surface area contributed by atoms with E-state index in [-0.39, 0.29) is 36.0 Å². The van der Waals surface area contributed by atoms with Gasteiger partial charge in [-0.1, -0.05) is 37.3 Å². The Bertz CT molecular complexity index is 1340. The van der Waals surface area contributed by atoms with Crippen LogP contribution in [0.5, 0.6) is 0 Å². The molecule has 3 heterocycles. The summed E-state index contributed by atoms with van der Waals surface area (Å²) in [6.45, 7) is 5.40. The molecule has 5 rings (SSSR count). The van der Waals surface area contributed by atoms with Gasteiger partial charge in [0, 0.05) is 16.8 Å². The first-order chi connectivity index (χ1) is 18.8. The predicted octanol–water partition coefficient (Wildman–Crippen LogP) is 5.88. The molecule has 1 aromatic carbocycles. The molecule has 2 aliphatic rings. The molecule has 1 amide bonds. The third-order valence-electron chi connectivity index (χ3n) is 8.04. The average molecular weight is 553 g/mol. The number of carbonyl (C=O) groups is 2. The second kappa shape index (κ2) is 11.9. The van der Waals surface area contributed by atoms with Crippen LogP contribution in [-0.4, -0.2) is 43.0 Å². The van der Waals surface area contributed by atoms with Gasteiger partial charge in [-0.15, -0.1) is 11.3 Å². The SMILES string of the molecule is Cc1oc(=O)oc1COC(=O)c1sc(-c2ccccc2)cc1N(C(=O)C1CCC(C)CC1)C1CCN(C)CC1. The van der Waals surface area contributed by atoms with Crippen LogP contribution in [0, 0.1) is 18.8 Å². The molecule has 1 saturated carbocycles. The number of esters is 1. The Hall–Kier alpha value is -3.17. The molecule has 9 heteroatoms. The minimum absolute atomic E-state index is 0.00645. The van der Waals surface area contributed by atoms with Gasteiger partial charge in [-0.25, -0.2) is 9.59 Å². The van der Waals surface area contributed by atoms with E-state index in [1.54, 1.807) is 6.92 Å². The summed E-state index contributed by atoms with van der Waals surface area (Å²) in [5.41, 5.74) is 1.59. The van der Waals surface area contributed by atoms with E-state index >= 15 is 0 Å². The Morgan fingerprint density at radius 3 is 2.38 bits per heavy atom. The molecular weight excluding hydrogens is 516 g/mol. The Morgan fingerprint density at radius 1 is 1.05 bits per heavy atom. The zero-order valence-electron chi connectivity index (χ0n) is 22.8. The Labute approximate surface area is 232 Å². The molecule has 0 bridgehead atoms. The zero-order valence-corrected chi connectivity index (χ0v) is 23.6. The average Bonchev–Trinajstić information content (AvgIpc) is 3.52. The standard InChI is InChI=1S/C30H36N2O6S/c1-19-9-11-22(12-10-19)28(33)32(23-13-15-31(3)16-14-23)24-17-26(21-7-5-4-6-8-21)39-27(24)29(34)36-18-25-20(2)37-30(35)38-25/h4-8,17,19,22-23H,9-16,18H2,1-3H3. The normalized spacial score (nSPS) is 20.6. The topological polar surface area (TPSA) is 93.2 Å². The maximum Gasteiger partial charge on any atom is 0.519 e. The molecule has 8 nitrogen and oxygen atoms in total. The van der Waals surface area contributed by atoms with Gasteiger partial charge in [0.25, 0.3) is 0 Å². The monoisotopic (exact) mass is 552 g/mol. The van der Waals surface area contributed by atoms with Gasteiger partial charge < -0.3 is 23.4 Å². The Balaban J connectivity index is 1.52. The molecule has 0 spiro atoms. The third-order valence-corrected chi connectivity index (χ3v) is 9.19. The van der Waals surface area contributed by atoms with E-state index in [0.717, 1.165) is 62.1 Å². The number of anilines is 1. The zero-order chi connectivity index (χ0) is 27.5. The van der Waals surface area contributed by atoms with Crippen LogP contribution < -0.4 is 10.7 Å². The molecule has 0 unspecified atom stereocenters. The fourth-order valence-corrected chi connectivity index (χ4v) is 6.65. The maximum absolute atomic E-state index is 14.2. The van der Waals surface area contributed by atoms with E-state index in [0.29, 0.717) is 16.5 Å². The van der Waals surface area contributed by atoms with Gasteiger partial charge >= 0.3 is 11.8 Å². The van der Waals surface area contributed by atoms with Crippen molar-refractivity contribution in [2.45, 2.75) is 65.0 Å². The summed E-state index contributed by atoms with van der Waals surface area (Å²) < 4.78 is 15.5. The number of rotatable bonds is 7. The first-order valence-electron chi connectivity index (χ1n) is 13.8. The van der Waals surface area contributed by atoms with Crippen LogP contribution in [0.2, 0.25) is 0 Å². The molecule has 1 aliphatic heterocycles. The highest BCUT2D eigenvalue weighted by atomic mass is 32.1. The van der Waals surface area contributed by atoms with Gasteiger partial charge in [-0.3, -0.25) is 4.79 Å². The van der Waals surface area contributed by atoms with Crippen molar-refractivity contribution in [3.8, 4) is 10.4 Å². The molecule has 3 aromatic rings. The number of hydrogen-bond acceptors (Lipinski definition) is 8. The quantitative estimate of drug-likeness (QED) is 0.338. The third kappa shape index (κ3) is 6.20. The van der Waals surface area contributed by atoms with Gasteiger partial charge in [-0.05, 0) is 83.1 Å². The fraction of sp³-hybridized carbons (Fsp3) is 0.500. The Morgan fingerprint density at radius 2 is 1.74 bits per heavy atom. The van der Waals surface area contributed by atoms with Crippen molar-refractivity contribution in [3.05, 3.63) is 63.4 Å². The van der Waals surface area contributed by atoms with Gasteiger partial charge in [-0.2, -0.15) is 0 Å². The lowest BCUT2D eigenvalue weighted by Crippen LogP contribution is -2.49. The van der Waals surface area contributed by atoms with Gasteiger partial charge in [0.05, 0.1) is 5.69 Å². The number of piperidine rings is 1. The molecule has 208 valence electrons. The predicted molar refractivity (Wildman–Crippen MR) is 150 cm³/mol. The lowest BCUT2D eigenvalue weighted by molar-refractivity contribution is -0.124. The van der Waals surface area contributed by atoms with Gasteiger partial charge in [0.1, 0.15) is 4.88 Å². The van der Waals surface area contributed by atoms with Crippen LogP contribution in [0.25, 0.3) is 10.4 Å². The number of carbonyl (C=O) groups excluding carboxylic acids is 2. The van der Waals surface area contributed by atoms with Crippen LogP contribution in [-0.2, 0) is 16.1 Å². The summed E-state index contributed by atoms with van der Waals surface area (Å²) in [6.07, 6.45) is 5.52. The lowest BCUT2D eigenvalue weighted by atomic mass is 9.82. The van der Waals surface area contributed by atoms with Crippen molar-refractivity contribution < 1.29 is 23.2 Å². The summed E-state index contributed by atoms with van der Waals surface area (Å²) in [6, 6.07) is 11.8. The molecule has 39 heavy (non-hydrogen) atoms. The fourth-order valence-electron chi connectivity index (χ4n) is 5.61. The highest BCUT2D eigenvalue weighted by molar-refractivity contribution is 7.18. The number of benzene rings is 1. The number of ether oxygens (including phenoxy) is 1. The molecule has 2 fully saturated rings.